The highest BCUT2D eigenvalue weighted by Gasteiger charge is 2.13. The van der Waals surface area contributed by atoms with Gasteiger partial charge in [0.2, 0.25) is 0 Å². The van der Waals surface area contributed by atoms with Crippen molar-refractivity contribution in [1.82, 2.24) is 0 Å². The highest BCUT2D eigenvalue weighted by Crippen LogP contribution is 2.28. The Labute approximate surface area is 115 Å². The van der Waals surface area contributed by atoms with Crippen LogP contribution in [0.2, 0.25) is 0 Å². The summed E-state index contributed by atoms with van der Waals surface area (Å²) in [7, 11) is 0. The third-order valence-corrected chi connectivity index (χ3v) is 3.62. The molecule has 0 aliphatic rings. The van der Waals surface area contributed by atoms with Crippen LogP contribution >= 0.6 is 15.9 Å². The van der Waals surface area contributed by atoms with E-state index in [1.54, 1.807) is 6.07 Å². The van der Waals surface area contributed by atoms with E-state index in [1.165, 1.54) is 12.1 Å². The molecule has 2 aromatic rings. The Morgan fingerprint density at radius 1 is 1.06 bits per heavy atom. The Hall–Kier alpha value is -1.19. The Kier molecular flexibility index (Phi) is 3.83. The van der Waals surface area contributed by atoms with Crippen molar-refractivity contribution in [2.75, 3.05) is 0 Å². The van der Waals surface area contributed by atoms with Crippen molar-refractivity contribution in [2.45, 2.75) is 19.9 Å². The standard InChI is InChI=1S/C15H15BrFN/c1-9-5-10(2)7-11(6-9)15(18)13-8-12(17)3-4-14(13)16/h3-8,15H,18H2,1-2H3. The zero-order valence-electron chi connectivity index (χ0n) is 10.4. The summed E-state index contributed by atoms with van der Waals surface area (Å²) in [4.78, 5) is 0. The number of rotatable bonds is 2. The van der Waals surface area contributed by atoms with Crippen molar-refractivity contribution in [3.63, 3.8) is 0 Å². The van der Waals surface area contributed by atoms with Gasteiger partial charge in [0.1, 0.15) is 5.82 Å². The molecular formula is C15H15BrFN. The molecule has 0 radical (unpaired) electrons. The summed E-state index contributed by atoms with van der Waals surface area (Å²) in [6.45, 7) is 4.06. The van der Waals surface area contributed by atoms with E-state index in [0.29, 0.717) is 0 Å². The number of nitrogens with two attached hydrogens (primary N) is 1. The van der Waals surface area contributed by atoms with Gasteiger partial charge in [-0.3, -0.25) is 0 Å². The van der Waals surface area contributed by atoms with Crippen LogP contribution in [-0.2, 0) is 0 Å². The largest absolute Gasteiger partial charge is 0.320 e. The lowest BCUT2D eigenvalue weighted by atomic mass is 9.96. The first kappa shape index (κ1) is 13.2. The number of hydrogen-bond acceptors (Lipinski definition) is 1. The first-order valence-corrected chi connectivity index (χ1v) is 6.55. The quantitative estimate of drug-likeness (QED) is 0.881. The summed E-state index contributed by atoms with van der Waals surface area (Å²) in [5.41, 5.74) is 10.3. The van der Waals surface area contributed by atoms with Crippen LogP contribution in [0.15, 0.2) is 40.9 Å². The Morgan fingerprint density at radius 2 is 1.67 bits per heavy atom. The molecule has 0 aromatic heterocycles. The number of halogens is 2. The molecule has 0 aliphatic carbocycles. The third kappa shape index (κ3) is 2.79. The van der Waals surface area contributed by atoms with Crippen LogP contribution in [0.4, 0.5) is 4.39 Å². The summed E-state index contributed by atoms with van der Waals surface area (Å²) < 4.78 is 14.1. The molecule has 2 N–H and O–H groups in total. The van der Waals surface area contributed by atoms with E-state index in [2.05, 4.69) is 22.0 Å². The van der Waals surface area contributed by atoms with Crippen LogP contribution in [-0.4, -0.2) is 0 Å². The van der Waals surface area contributed by atoms with Crippen molar-refractivity contribution >= 4 is 15.9 Å². The van der Waals surface area contributed by atoms with Gasteiger partial charge in [-0.2, -0.15) is 0 Å². The van der Waals surface area contributed by atoms with Crippen molar-refractivity contribution < 1.29 is 4.39 Å². The van der Waals surface area contributed by atoms with Crippen molar-refractivity contribution in [2.24, 2.45) is 5.73 Å². The first-order chi connectivity index (χ1) is 8.47. The van der Waals surface area contributed by atoms with Crippen LogP contribution in [0.3, 0.4) is 0 Å². The van der Waals surface area contributed by atoms with Gasteiger partial charge in [-0.25, -0.2) is 4.39 Å². The lowest BCUT2D eigenvalue weighted by Gasteiger charge is -2.16. The third-order valence-electron chi connectivity index (χ3n) is 2.90. The molecule has 0 fully saturated rings. The average Bonchev–Trinajstić information content (AvgIpc) is 2.30. The molecule has 0 bridgehead atoms. The highest BCUT2D eigenvalue weighted by molar-refractivity contribution is 9.10. The molecule has 94 valence electrons. The lowest BCUT2D eigenvalue weighted by molar-refractivity contribution is 0.623. The van der Waals surface area contributed by atoms with Gasteiger partial charge in [0, 0.05) is 4.47 Å². The fraction of sp³-hybridized carbons (Fsp3) is 0.200. The van der Waals surface area contributed by atoms with E-state index < -0.39 is 0 Å². The molecule has 18 heavy (non-hydrogen) atoms. The summed E-state index contributed by atoms with van der Waals surface area (Å²) in [5.74, 6) is -0.270. The maximum absolute atomic E-state index is 13.3. The lowest BCUT2D eigenvalue weighted by Crippen LogP contribution is -2.13. The highest BCUT2D eigenvalue weighted by atomic mass is 79.9. The van der Waals surface area contributed by atoms with E-state index in [9.17, 15) is 4.39 Å². The maximum atomic E-state index is 13.3. The molecule has 0 aliphatic heterocycles. The average molecular weight is 308 g/mol. The van der Waals surface area contributed by atoms with E-state index in [-0.39, 0.29) is 11.9 Å². The van der Waals surface area contributed by atoms with Crippen molar-refractivity contribution in [3.8, 4) is 0 Å². The molecule has 1 nitrogen and oxygen atoms in total. The molecule has 0 amide bonds. The summed E-state index contributed by atoms with van der Waals surface area (Å²) in [6, 6.07) is 10.4. The fourth-order valence-corrected chi connectivity index (χ4v) is 2.62. The molecule has 0 saturated carbocycles. The number of benzene rings is 2. The monoisotopic (exact) mass is 307 g/mol. The van der Waals surface area contributed by atoms with E-state index in [4.69, 9.17) is 5.73 Å². The van der Waals surface area contributed by atoms with E-state index >= 15 is 0 Å². The summed E-state index contributed by atoms with van der Waals surface area (Å²) in [6.07, 6.45) is 0. The molecule has 0 heterocycles. The van der Waals surface area contributed by atoms with Gasteiger partial charge in [0.15, 0.2) is 0 Å². The predicted molar refractivity (Wildman–Crippen MR) is 76.0 cm³/mol. The van der Waals surface area contributed by atoms with Crippen LogP contribution in [0.1, 0.15) is 28.3 Å². The van der Waals surface area contributed by atoms with Gasteiger partial charge in [-0.1, -0.05) is 45.3 Å². The SMILES string of the molecule is Cc1cc(C)cc(C(N)c2cc(F)ccc2Br)c1. The molecule has 0 spiro atoms. The molecule has 1 unspecified atom stereocenters. The minimum atomic E-state index is -0.325. The predicted octanol–water partition coefficient (Wildman–Crippen LogP) is 4.25. The molecule has 3 heteroatoms. The van der Waals surface area contributed by atoms with Gasteiger partial charge in [0.05, 0.1) is 6.04 Å². The zero-order chi connectivity index (χ0) is 13.3. The number of hydrogen-bond donors (Lipinski definition) is 1. The molecular weight excluding hydrogens is 293 g/mol. The second-order valence-electron chi connectivity index (χ2n) is 4.56. The van der Waals surface area contributed by atoms with E-state index in [1.807, 2.05) is 26.0 Å². The number of aryl methyl sites for hydroxylation is 2. The molecule has 1 atom stereocenters. The fourth-order valence-electron chi connectivity index (χ4n) is 2.12. The smallest absolute Gasteiger partial charge is 0.123 e. The van der Waals surface area contributed by atoms with Gasteiger partial charge in [-0.05, 0) is 43.2 Å². The van der Waals surface area contributed by atoms with Crippen LogP contribution < -0.4 is 5.73 Å². The Balaban J connectivity index is 2.47. The molecule has 2 aromatic carbocycles. The Morgan fingerprint density at radius 3 is 2.28 bits per heavy atom. The first-order valence-electron chi connectivity index (χ1n) is 5.76. The molecule has 0 saturated heterocycles. The normalized spacial score (nSPS) is 12.5. The second-order valence-corrected chi connectivity index (χ2v) is 5.42. The van der Waals surface area contributed by atoms with Crippen molar-refractivity contribution in [3.05, 3.63) is 68.9 Å². The van der Waals surface area contributed by atoms with Crippen LogP contribution in [0, 0.1) is 19.7 Å². The second kappa shape index (κ2) is 5.21. The summed E-state index contributed by atoms with van der Waals surface area (Å²) in [5, 5.41) is 0. The van der Waals surface area contributed by atoms with Gasteiger partial charge >= 0.3 is 0 Å². The Bertz CT molecular complexity index is 560. The van der Waals surface area contributed by atoms with Gasteiger partial charge < -0.3 is 5.73 Å². The molecule has 2 rings (SSSR count). The summed E-state index contributed by atoms with van der Waals surface area (Å²) >= 11 is 3.42. The van der Waals surface area contributed by atoms with Gasteiger partial charge in [0.25, 0.3) is 0 Å². The minimum Gasteiger partial charge on any atom is -0.320 e. The van der Waals surface area contributed by atoms with Crippen LogP contribution in [0.25, 0.3) is 0 Å². The minimum absolute atomic E-state index is 0.270. The van der Waals surface area contributed by atoms with Gasteiger partial charge in [-0.15, -0.1) is 0 Å². The van der Waals surface area contributed by atoms with E-state index in [0.717, 1.165) is 26.7 Å². The maximum Gasteiger partial charge on any atom is 0.123 e. The zero-order valence-corrected chi connectivity index (χ0v) is 12.0. The topological polar surface area (TPSA) is 26.0 Å². The van der Waals surface area contributed by atoms with Crippen molar-refractivity contribution in [1.29, 1.82) is 0 Å². The van der Waals surface area contributed by atoms with Crippen LogP contribution in [0.5, 0.6) is 0 Å².